The third-order valence-electron chi connectivity index (χ3n) is 2.90. The van der Waals surface area contributed by atoms with Gasteiger partial charge in [0.05, 0.1) is 17.1 Å². The van der Waals surface area contributed by atoms with Crippen molar-refractivity contribution in [1.82, 2.24) is 10.3 Å². The Balaban J connectivity index is 0.00000220. The average molecular weight is 362 g/mol. The van der Waals surface area contributed by atoms with Gasteiger partial charge in [0.25, 0.3) is 0 Å². The number of hydrogen-bond acceptors (Lipinski definition) is 4. The predicted octanol–water partition coefficient (Wildman–Crippen LogP) is 2.58. The van der Waals surface area contributed by atoms with E-state index in [9.17, 15) is 4.79 Å². The van der Waals surface area contributed by atoms with E-state index >= 15 is 0 Å². The lowest BCUT2D eigenvalue weighted by atomic mass is 10.2. The number of halogens is 2. The van der Waals surface area contributed by atoms with Gasteiger partial charge in [-0.2, -0.15) is 0 Å². The van der Waals surface area contributed by atoms with E-state index in [0.29, 0.717) is 13.0 Å². The van der Waals surface area contributed by atoms with Gasteiger partial charge in [-0.1, -0.05) is 30.3 Å². The summed E-state index contributed by atoms with van der Waals surface area (Å²) >= 11 is 1.60. The molecule has 1 atom stereocenters. The van der Waals surface area contributed by atoms with Gasteiger partial charge in [0.15, 0.2) is 0 Å². The van der Waals surface area contributed by atoms with Crippen LogP contribution < -0.4 is 11.1 Å². The molecule has 1 aromatic heterocycles. The molecule has 3 N–H and O–H groups in total. The van der Waals surface area contributed by atoms with Crippen LogP contribution in [-0.4, -0.2) is 23.5 Å². The van der Waals surface area contributed by atoms with Gasteiger partial charge in [-0.3, -0.25) is 4.79 Å². The highest BCUT2D eigenvalue weighted by atomic mass is 35.5. The zero-order valence-electron chi connectivity index (χ0n) is 12.3. The Hall–Kier alpha value is -1.14. The second kappa shape index (κ2) is 10.6. The first-order valence-corrected chi connectivity index (χ1v) is 7.52. The smallest absolute Gasteiger partial charge is 0.226 e. The number of nitrogens with one attached hydrogen (secondary N) is 1. The fourth-order valence-corrected chi connectivity index (χ4v) is 2.66. The zero-order chi connectivity index (χ0) is 14.4. The Morgan fingerprint density at radius 2 is 2.00 bits per heavy atom. The molecule has 2 aromatic rings. The van der Waals surface area contributed by atoms with E-state index in [4.69, 9.17) is 5.73 Å². The number of rotatable bonds is 6. The molecule has 4 nitrogen and oxygen atoms in total. The Morgan fingerprint density at radius 3 is 2.64 bits per heavy atom. The summed E-state index contributed by atoms with van der Waals surface area (Å²) in [7, 11) is 0. The summed E-state index contributed by atoms with van der Waals surface area (Å²) in [6, 6.07) is 10.2. The fourth-order valence-electron chi connectivity index (χ4n) is 1.83. The second-order valence-electron chi connectivity index (χ2n) is 4.78. The van der Waals surface area contributed by atoms with Crippen LogP contribution >= 0.6 is 36.2 Å². The molecule has 0 fully saturated rings. The van der Waals surface area contributed by atoms with Crippen molar-refractivity contribution >= 4 is 42.1 Å². The van der Waals surface area contributed by atoms with E-state index in [2.05, 4.69) is 22.4 Å². The van der Waals surface area contributed by atoms with Crippen molar-refractivity contribution < 1.29 is 4.79 Å². The molecule has 0 bridgehead atoms. The number of benzene rings is 1. The first-order chi connectivity index (χ1) is 9.67. The molecular weight excluding hydrogens is 341 g/mol. The molecule has 7 heteroatoms. The van der Waals surface area contributed by atoms with Crippen molar-refractivity contribution in [2.75, 3.05) is 6.54 Å². The summed E-state index contributed by atoms with van der Waals surface area (Å²) in [6.07, 6.45) is 1.13. The summed E-state index contributed by atoms with van der Waals surface area (Å²) in [5, 5.41) is 5.82. The summed E-state index contributed by atoms with van der Waals surface area (Å²) in [4.78, 5) is 16.3. The number of carbonyl (C=O) groups is 1. The average Bonchev–Trinajstić information content (AvgIpc) is 2.86. The molecule has 0 saturated carbocycles. The summed E-state index contributed by atoms with van der Waals surface area (Å²) in [5.74, 6) is -0.0282. The van der Waals surface area contributed by atoms with Crippen molar-refractivity contribution in [2.45, 2.75) is 25.8 Å². The van der Waals surface area contributed by atoms with E-state index in [-0.39, 0.29) is 36.8 Å². The lowest BCUT2D eigenvalue weighted by Gasteiger charge is -2.09. The molecule has 1 amide bonds. The molecule has 0 aliphatic heterocycles. The first-order valence-electron chi connectivity index (χ1n) is 6.64. The van der Waals surface area contributed by atoms with E-state index in [1.54, 1.807) is 11.3 Å². The molecule has 0 radical (unpaired) electrons. The Bertz CT molecular complexity index is 563. The molecule has 22 heavy (non-hydrogen) atoms. The van der Waals surface area contributed by atoms with Crippen molar-refractivity contribution in [3.63, 3.8) is 0 Å². The number of thiazole rings is 1. The Labute approximate surface area is 147 Å². The molecular formula is C15H21Cl2N3OS. The molecule has 0 spiro atoms. The highest BCUT2D eigenvalue weighted by Gasteiger charge is 2.10. The van der Waals surface area contributed by atoms with Crippen LogP contribution in [0, 0.1) is 0 Å². The Kier molecular flexibility index (Phi) is 10.0. The number of amides is 1. The molecule has 0 aliphatic carbocycles. The van der Waals surface area contributed by atoms with Crippen LogP contribution in [0.1, 0.15) is 23.2 Å². The minimum absolute atomic E-state index is 0. The van der Waals surface area contributed by atoms with Crippen LogP contribution in [0.15, 0.2) is 35.7 Å². The van der Waals surface area contributed by atoms with Crippen LogP contribution in [0.2, 0.25) is 0 Å². The summed E-state index contributed by atoms with van der Waals surface area (Å²) in [5.41, 5.74) is 7.53. The van der Waals surface area contributed by atoms with Gasteiger partial charge < -0.3 is 11.1 Å². The Morgan fingerprint density at radius 1 is 1.32 bits per heavy atom. The topological polar surface area (TPSA) is 68.0 Å². The lowest BCUT2D eigenvalue weighted by molar-refractivity contribution is -0.121. The van der Waals surface area contributed by atoms with E-state index in [1.807, 2.05) is 30.5 Å². The standard InChI is InChI=1S/C15H19N3OS.2ClH/c1-11(9-16)17-14(19)8-13-10-20-15(18-13)7-12-5-3-2-4-6-12;;/h2-6,10-11H,7-9,16H2,1H3,(H,17,19);2*1H/t11-;;/m0../s1. The van der Waals surface area contributed by atoms with Gasteiger partial charge in [-0.05, 0) is 12.5 Å². The molecule has 122 valence electrons. The van der Waals surface area contributed by atoms with Crippen molar-refractivity contribution in [3.8, 4) is 0 Å². The van der Waals surface area contributed by atoms with E-state index in [1.165, 1.54) is 5.56 Å². The molecule has 2 rings (SSSR count). The van der Waals surface area contributed by atoms with Crippen molar-refractivity contribution in [2.24, 2.45) is 5.73 Å². The quantitative estimate of drug-likeness (QED) is 0.830. The van der Waals surface area contributed by atoms with Crippen LogP contribution in [0.4, 0.5) is 0 Å². The second-order valence-corrected chi connectivity index (χ2v) is 5.72. The zero-order valence-corrected chi connectivity index (χ0v) is 14.8. The van der Waals surface area contributed by atoms with Crippen molar-refractivity contribution in [3.05, 3.63) is 52.0 Å². The normalized spacial score (nSPS) is 11.0. The number of carbonyl (C=O) groups excluding carboxylic acids is 1. The van der Waals surface area contributed by atoms with Crippen LogP contribution in [0.25, 0.3) is 0 Å². The van der Waals surface area contributed by atoms with Gasteiger partial charge in [0.2, 0.25) is 5.91 Å². The molecule has 0 aliphatic rings. The minimum Gasteiger partial charge on any atom is -0.352 e. The SMILES string of the molecule is C[C@@H](CN)NC(=O)Cc1csc(Cc2ccccc2)n1.Cl.Cl. The number of hydrogen-bond donors (Lipinski definition) is 2. The largest absolute Gasteiger partial charge is 0.352 e. The molecule has 0 unspecified atom stereocenters. The number of aromatic nitrogens is 1. The first kappa shape index (κ1) is 20.9. The molecule has 1 aromatic carbocycles. The number of nitrogens with two attached hydrogens (primary N) is 1. The maximum absolute atomic E-state index is 11.7. The monoisotopic (exact) mass is 361 g/mol. The fraction of sp³-hybridized carbons (Fsp3) is 0.333. The maximum atomic E-state index is 11.7. The van der Waals surface area contributed by atoms with Gasteiger partial charge >= 0.3 is 0 Å². The van der Waals surface area contributed by atoms with Gasteiger partial charge in [0, 0.05) is 24.4 Å². The maximum Gasteiger partial charge on any atom is 0.226 e. The number of nitrogens with zero attached hydrogens (tertiary/aromatic N) is 1. The van der Waals surface area contributed by atoms with Crippen LogP contribution in [-0.2, 0) is 17.6 Å². The van der Waals surface area contributed by atoms with Gasteiger partial charge in [-0.25, -0.2) is 4.98 Å². The van der Waals surface area contributed by atoms with Crippen molar-refractivity contribution in [1.29, 1.82) is 0 Å². The third kappa shape index (κ3) is 6.75. The van der Waals surface area contributed by atoms with E-state index in [0.717, 1.165) is 17.1 Å². The van der Waals surface area contributed by atoms with Crippen LogP contribution in [0.3, 0.4) is 0 Å². The summed E-state index contributed by atoms with van der Waals surface area (Å²) < 4.78 is 0. The highest BCUT2D eigenvalue weighted by Crippen LogP contribution is 2.15. The third-order valence-corrected chi connectivity index (χ3v) is 3.80. The summed E-state index contributed by atoms with van der Waals surface area (Å²) in [6.45, 7) is 2.34. The molecule has 0 saturated heterocycles. The lowest BCUT2D eigenvalue weighted by Crippen LogP contribution is -2.38. The predicted molar refractivity (Wildman–Crippen MR) is 96.2 cm³/mol. The van der Waals surface area contributed by atoms with Gasteiger partial charge in [-0.15, -0.1) is 36.2 Å². The van der Waals surface area contributed by atoms with Gasteiger partial charge in [0.1, 0.15) is 0 Å². The molecule has 1 heterocycles. The minimum atomic E-state index is -0.0282. The van der Waals surface area contributed by atoms with Crippen LogP contribution in [0.5, 0.6) is 0 Å². The van der Waals surface area contributed by atoms with E-state index < -0.39 is 0 Å². The highest BCUT2D eigenvalue weighted by molar-refractivity contribution is 7.09.